The Morgan fingerprint density at radius 2 is 2.00 bits per heavy atom. The fourth-order valence-electron chi connectivity index (χ4n) is 1.57. The molecule has 20 heavy (non-hydrogen) atoms. The lowest BCUT2D eigenvalue weighted by molar-refractivity contribution is 0.0600. The van der Waals surface area contributed by atoms with Crippen LogP contribution in [-0.2, 0) is 13.8 Å². The molecule has 0 saturated heterocycles. The van der Waals surface area contributed by atoms with Gasteiger partial charge in [-0.2, -0.15) is 0 Å². The first kappa shape index (κ1) is 16.8. The molecule has 0 amide bonds. The van der Waals surface area contributed by atoms with E-state index in [9.17, 15) is 13.2 Å². The number of rotatable bonds is 8. The van der Waals surface area contributed by atoms with E-state index >= 15 is 0 Å². The third-order valence-corrected chi connectivity index (χ3v) is 3.80. The minimum Gasteiger partial charge on any atom is -0.494 e. The number of carbonyl (C=O) groups excluding carboxylic acids is 1. The van der Waals surface area contributed by atoms with Crippen molar-refractivity contribution in [1.29, 1.82) is 0 Å². The second-order valence-electron chi connectivity index (χ2n) is 4.17. The molecule has 0 unspecified atom stereocenters. The summed E-state index contributed by atoms with van der Waals surface area (Å²) in [5.74, 6) is 0.146. The molecule has 0 heterocycles. The van der Waals surface area contributed by atoms with Gasteiger partial charge >= 0.3 is 5.97 Å². The van der Waals surface area contributed by atoms with E-state index in [0.29, 0.717) is 30.8 Å². The molecule has 0 N–H and O–H groups in total. The first-order valence-electron chi connectivity index (χ1n) is 6.16. The number of ether oxygens (including phenoxy) is 2. The molecule has 0 aromatic heterocycles. The first-order chi connectivity index (χ1) is 9.42. The number of unbranched alkanes of at least 4 members (excludes halogenated alkanes) is 2. The summed E-state index contributed by atoms with van der Waals surface area (Å²) in [6.45, 7) is 0.451. The van der Waals surface area contributed by atoms with Crippen molar-refractivity contribution in [3.05, 3.63) is 29.8 Å². The van der Waals surface area contributed by atoms with E-state index in [-0.39, 0.29) is 5.75 Å². The summed E-state index contributed by atoms with van der Waals surface area (Å²) in [6, 6.07) is 6.70. The SMILES string of the molecule is COC(=O)c1cccc(OCCCCCS(=O)(=O)Cl)c1. The van der Waals surface area contributed by atoms with Crippen LogP contribution in [0.1, 0.15) is 29.6 Å². The van der Waals surface area contributed by atoms with Gasteiger partial charge in [-0.1, -0.05) is 6.07 Å². The van der Waals surface area contributed by atoms with Gasteiger partial charge in [-0.05, 0) is 37.5 Å². The van der Waals surface area contributed by atoms with Crippen LogP contribution in [0.3, 0.4) is 0 Å². The summed E-state index contributed by atoms with van der Waals surface area (Å²) >= 11 is 0. The van der Waals surface area contributed by atoms with E-state index < -0.39 is 15.0 Å². The molecule has 112 valence electrons. The number of benzene rings is 1. The lowest BCUT2D eigenvalue weighted by atomic mass is 10.2. The van der Waals surface area contributed by atoms with Gasteiger partial charge in [0.1, 0.15) is 5.75 Å². The predicted molar refractivity (Wildman–Crippen MR) is 76.8 cm³/mol. The van der Waals surface area contributed by atoms with Crippen LogP contribution < -0.4 is 4.74 Å². The second-order valence-corrected chi connectivity index (χ2v) is 7.07. The minimum absolute atomic E-state index is 0.0214. The Balaban J connectivity index is 2.30. The average molecular weight is 321 g/mol. The van der Waals surface area contributed by atoms with Crippen LogP contribution in [0.15, 0.2) is 24.3 Å². The molecule has 0 aliphatic rings. The van der Waals surface area contributed by atoms with Gasteiger partial charge in [0.2, 0.25) is 9.05 Å². The van der Waals surface area contributed by atoms with Crippen LogP contribution in [0.2, 0.25) is 0 Å². The molecule has 0 fully saturated rings. The highest BCUT2D eigenvalue weighted by Crippen LogP contribution is 2.14. The topological polar surface area (TPSA) is 69.7 Å². The fourth-order valence-corrected chi connectivity index (χ4v) is 2.45. The molecule has 0 aliphatic heterocycles. The highest BCUT2D eigenvalue weighted by Gasteiger charge is 2.06. The molecule has 0 aliphatic carbocycles. The third-order valence-electron chi connectivity index (χ3n) is 2.56. The minimum atomic E-state index is -3.40. The second kappa shape index (κ2) is 8.11. The van der Waals surface area contributed by atoms with Gasteiger partial charge in [0, 0.05) is 10.7 Å². The van der Waals surface area contributed by atoms with Gasteiger partial charge in [0.15, 0.2) is 0 Å². The van der Waals surface area contributed by atoms with Crippen LogP contribution >= 0.6 is 10.7 Å². The number of carbonyl (C=O) groups is 1. The standard InChI is InChI=1S/C13H17ClO5S/c1-18-13(15)11-6-5-7-12(10-11)19-8-3-2-4-9-20(14,16)17/h5-7,10H,2-4,8-9H2,1H3. The number of halogens is 1. The van der Waals surface area contributed by atoms with Crippen molar-refractivity contribution in [1.82, 2.24) is 0 Å². The zero-order chi connectivity index (χ0) is 15.0. The number of hydrogen-bond acceptors (Lipinski definition) is 5. The van der Waals surface area contributed by atoms with Gasteiger partial charge in [-0.25, -0.2) is 13.2 Å². The van der Waals surface area contributed by atoms with E-state index in [1.807, 2.05) is 0 Å². The van der Waals surface area contributed by atoms with Crippen LogP contribution in [0, 0.1) is 0 Å². The van der Waals surface area contributed by atoms with Crippen LogP contribution in [0.5, 0.6) is 5.75 Å². The summed E-state index contributed by atoms with van der Waals surface area (Å²) in [4.78, 5) is 11.3. The Morgan fingerprint density at radius 3 is 2.65 bits per heavy atom. The Kier molecular flexibility index (Phi) is 6.81. The van der Waals surface area contributed by atoms with Crippen LogP contribution in [-0.4, -0.2) is 33.9 Å². The molecular formula is C13H17ClO5S. The number of methoxy groups -OCH3 is 1. The van der Waals surface area contributed by atoms with E-state index in [1.54, 1.807) is 24.3 Å². The third kappa shape index (κ3) is 6.77. The van der Waals surface area contributed by atoms with E-state index in [4.69, 9.17) is 15.4 Å². The molecule has 0 atom stereocenters. The van der Waals surface area contributed by atoms with Crippen LogP contribution in [0.25, 0.3) is 0 Å². The fraction of sp³-hybridized carbons (Fsp3) is 0.462. The van der Waals surface area contributed by atoms with Gasteiger partial charge < -0.3 is 9.47 Å². The van der Waals surface area contributed by atoms with Crippen molar-refractivity contribution in [2.75, 3.05) is 19.5 Å². The molecule has 7 heteroatoms. The molecule has 1 rings (SSSR count). The van der Waals surface area contributed by atoms with Gasteiger partial charge in [-0.3, -0.25) is 0 Å². The van der Waals surface area contributed by atoms with E-state index in [0.717, 1.165) is 6.42 Å². The van der Waals surface area contributed by atoms with Gasteiger partial charge in [0.25, 0.3) is 0 Å². The predicted octanol–water partition coefficient (Wildman–Crippen LogP) is 2.59. The molecule has 5 nitrogen and oxygen atoms in total. The maximum absolute atomic E-state index is 11.3. The summed E-state index contributed by atoms with van der Waals surface area (Å²) in [5, 5.41) is 0. The van der Waals surface area contributed by atoms with Crippen molar-refractivity contribution in [3.8, 4) is 5.75 Å². The first-order valence-corrected chi connectivity index (χ1v) is 8.64. The molecular weight excluding hydrogens is 304 g/mol. The largest absolute Gasteiger partial charge is 0.494 e. The molecule has 0 radical (unpaired) electrons. The van der Waals surface area contributed by atoms with E-state index in [1.165, 1.54) is 7.11 Å². The summed E-state index contributed by atoms with van der Waals surface area (Å²) in [6.07, 6.45) is 1.94. The lowest BCUT2D eigenvalue weighted by Crippen LogP contribution is -2.03. The summed E-state index contributed by atoms with van der Waals surface area (Å²) in [5.41, 5.74) is 0.429. The smallest absolute Gasteiger partial charge is 0.337 e. The monoisotopic (exact) mass is 320 g/mol. The highest BCUT2D eigenvalue weighted by molar-refractivity contribution is 8.13. The Morgan fingerprint density at radius 1 is 1.25 bits per heavy atom. The quantitative estimate of drug-likeness (QED) is 0.418. The van der Waals surface area contributed by atoms with Crippen molar-refractivity contribution in [3.63, 3.8) is 0 Å². The van der Waals surface area contributed by atoms with Gasteiger partial charge in [0.05, 0.1) is 25.0 Å². The maximum atomic E-state index is 11.3. The van der Waals surface area contributed by atoms with Gasteiger partial charge in [-0.15, -0.1) is 0 Å². The van der Waals surface area contributed by atoms with Crippen molar-refractivity contribution < 1.29 is 22.7 Å². The number of hydrogen-bond donors (Lipinski definition) is 0. The van der Waals surface area contributed by atoms with E-state index in [2.05, 4.69) is 4.74 Å². The Labute approximate surface area is 123 Å². The zero-order valence-corrected chi connectivity index (χ0v) is 12.7. The molecule has 1 aromatic carbocycles. The normalized spacial score (nSPS) is 11.1. The lowest BCUT2D eigenvalue weighted by Gasteiger charge is -2.07. The van der Waals surface area contributed by atoms with Crippen molar-refractivity contribution in [2.45, 2.75) is 19.3 Å². The zero-order valence-electron chi connectivity index (χ0n) is 11.2. The van der Waals surface area contributed by atoms with Crippen molar-refractivity contribution >= 4 is 25.7 Å². The van der Waals surface area contributed by atoms with Crippen molar-refractivity contribution in [2.24, 2.45) is 0 Å². The van der Waals surface area contributed by atoms with Crippen LogP contribution in [0.4, 0.5) is 0 Å². The maximum Gasteiger partial charge on any atom is 0.337 e. The Hall–Kier alpha value is -1.27. The molecule has 0 bridgehead atoms. The Bertz CT molecular complexity index is 541. The summed E-state index contributed by atoms with van der Waals surface area (Å²) < 4.78 is 31.5. The molecule has 1 aromatic rings. The molecule has 0 saturated carbocycles. The highest BCUT2D eigenvalue weighted by atomic mass is 35.7. The summed E-state index contributed by atoms with van der Waals surface area (Å²) in [7, 11) is 3.02. The number of esters is 1. The molecule has 0 spiro atoms. The average Bonchev–Trinajstić information content (AvgIpc) is 2.41.